The van der Waals surface area contributed by atoms with Crippen molar-refractivity contribution in [3.8, 4) is 0 Å². The zero-order valence-corrected chi connectivity index (χ0v) is 7.63. The normalized spacial score (nSPS) is 27.2. The van der Waals surface area contributed by atoms with E-state index < -0.39 is 0 Å². The van der Waals surface area contributed by atoms with Crippen molar-refractivity contribution in [1.82, 2.24) is 0 Å². The average molecular weight is 162 g/mol. The maximum atomic E-state index is 5.33. The molecule has 1 fully saturated rings. The molecule has 0 N–H and O–H groups in total. The van der Waals surface area contributed by atoms with Gasteiger partial charge in [-0.2, -0.15) is 0 Å². The van der Waals surface area contributed by atoms with Crippen LogP contribution in [-0.4, -0.2) is 12.2 Å². The van der Waals surface area contributed by atoms with Crippen LogP contribution in [-0.2, 0) is 11.2 Å². The molecule has 0 aromatic heterocycles. The largest absolute Gasteiger partial charge is 0.370 e. The Bertz CT molecular complexity index is 270. The predicted molar refractivity (Wildman–Crippen MR) is 49.2 cm³/mol. The lowest BCUT2D eigenvalue weighted by molar-refractivity contribution is 0.322. The van der Waals surface area contributed by atoms with Crippen LogP contribution in [0, 0.1) is 6.92 Å². The Morgan fingerprint density at radius 2 is 1.92 bits per heavy atom. The molecule has 0 amide bonds. The molecular weight excluding hydrogens is 148 g/mol. The molecule has 0 radical (unpaired) electrons. The highest BCUT2D eigenvalue weighted by Crippen LogP contribution is 2.30. The first-order valence-corrected chi connectivity index (χ1v) is 4.37. The molecular formula is C11H14O. The minimum atomic E-state index is 0.148. The topological polar surface area (TPSA) is 12.5 Å². The SMILES string of the molecule is Cc1ccc(CC2(C)CO2)cc1. The summed E-state index contributed by atoms with van der Waals surface area (Å²) in [6, 6.07) is 8.67. The van der Waals surface area contributed by atoms with E-state index in [4.69, 9.17) is 4.74 Å². The molecule has 1 unspecified atom stereocenters. The van der Waals surface area contributed by atoms with E-state index >= 15 is 0 Å². The fourth-order valence-electron chi connectivity index (χ4n) is 1.36. The molecule has 0 saturated carbocycles. The van der Waals surface area contributed by atoms with Gasteiger partial charge in [0.05, 0.1) is 12.2 Å². The molecule has 1 heteroatoms. The number of benzene rings is 1. The summed E-state index contributed by atoms with van der Waals surface area (Å²) in [6.07, 6.45) is 1.05. The van der Waals surface area contributed by atoms with Crippen LogP contribution in [0.4, 0.5) is 0 Å². The smallest absolute Gasteiger partial charge is 0.0928 e. The molecule has 1 heterocycles. The third-order valence-corrected chi connectivity index (χ3v) is 2.34. The van der Waals surface area contributed by atoms with Crippen molar-refractivity contribution < 1.29 is 4.74 Å². The molecule has 64 valence electrons. The molecule has 0 spiro atoms. The molecule has 1 aliphatic rings. The van der Waals surface area contributed by atoms with E-state index in [1.807, 2.05) is 0 Å². The molecule has 1 aliphatic heterocycles. The Kier molecular flexibility index (Phi) is 1.69. The third-order valence-electron chi connectivity index (χ3n) is 2.34. The number of ether oxygens (including phenoxy) is 1. The highest BCUT2D eigenvalue weighted by molar-refractivity contribution is 5.23. The minimum Gasteiger partial charge on any atom is -0.370 e. The van der Waals surface area contributed by atoms with Crippen LogP contribution in [0.2, 0.25) is 0 Å². The van der Waals surface area contributed by atoms with Crippen molar-refractivity contribution >= 4 is 0 Å². The van der Waals surface area contributed by atoms with Crippen LogP contribution >= 0.6 is 0 Å². The summed E-state index contributed by atoms with van der Waals surface area (Å²) >= 11 is 0. The average Bonchev–Trinajstić information content (AvgIpc) is 2.74. The van der Waals surface area contributed by atoms with Crippen LogP contribution in [0.3, 0.4) is 0 Å². The van der Waals surface area contributed by atoms with Crippen LogP contribution in [0.25, 0.3) is 0 Å². The Balaban J connectivity index is 2.08. The van der Waals surface area contributed by atoms with Gasteiger partial charge in [0, 0.05) is 6.42 Å². The van der Waals surface area contributed by atoms with Gasteiger partial charge in [-0.25, -0.2) is 0 Å². The number of hydrogen-bond donors (Lipinski definition) is 0. The molecule has 1 nitrogen and oxygen atoms in total. The first-order chi connectivity index (χ1) is 5.68. The Labute approximate surface area is 73.4 Å². The lowest BCUT2D eigenvalue weighted by atomic mass is 10.0. The summed E-state index contributed by atoms with van der Waals surface area (Å²) in [7, 11) is 0. The molecule has 0 bridgehead atoms. The molecule has 1 aromatic carbocycles. The summed E-state index contributed by atoms with van der Waals surface area (Å²) in [4.78, 5) is 0. The summed E-state index contributed by atoms with van der Waals surface area (Å²) < 4.78 is 5.33. The van der Waals surface area contributed by atoms with Gasteiger partial charge < -0.3 is 4.74 Å². The molecule has 0 aliphatic carbocycles. The van der Waals surface area contributed by atoms with Gasteiger partial charge >= 0.3 is 0 Å². The van der Waals surface area contributed by atoms with Crippen molar-refractivity contribution in [1.29, 1.82) is 0 Å². The monoisotopic (exact) mass is 162 g/mol. The second-order valence-electron chi connectivity index (χ2n) is 3.90. The zero-order valence-electron chi connectivity index (χ0n) is 7.63. The van der Waals surface area contributed by atoms with Crippen LogP contribution < -0.4 is 0 Å². The second-order valence-corrected chi connectivity index (χ2v) is 3.90. The van der Waals surface area contributed by atoms with E-state index in [1.165, 1.54) is 11.1 Å². The highest BCUT2D eigenvalue weighted by atomic mass is 16.6. The van der Waals surface area contributed by atoms with Crippen LogP contribution in [0.5, 0.6) is 0 Å². The minimum absolute atomic E-state index is 0.148. The first kappa shape index (κ1) is 7.81. The number of rotatable bonds is 2. The van der Waals surface area contributed by atoms with Crippen LogP contribution in [0.1, 0.15) is 18.1 Å². The lowest BCUT2D eigenvalue weighted by Gasteiger charge is -2.04. The van der Waals surface area contributed by atoms with Crippen LogP contribution in [0.15, 0.2) is 24.3 Å². The van der Waals surface area contributed by atoms with Gasteiger partial charge in [-0.1, -0.05) is 29.8 Å². The number of hydrogen-bond acceptors (Lipinski definition) is 1. The van der Waals surface area contributed by atoms with E-state index in [9.17, 15) is 0 Å². The zero-order chi connectivity index (χ0) is 8.60. The van der Waals surface area contributed by atoms with Crippen molar-refractivity contribution in [2.75, 3.05) is 6.61 Å². The predicted octanol–water partition coefficient (Wildman–Crippen LogP) is 2.33. The van der Waals surface area contributed by atoms with Gasteiger partial charge in [0.25, 0.3) is 0 Å². The van der Waals surface area contributed by atoms with Crippen molar-refractivity contribution in [3.63, 3.8) is 0 Å². The van der Waals surface area contributed by atoms with E-state index in [1.54, 1.807) is 0 Å². The van der Waals surface area contributed by atoms with Crippen molar-refractivity contribution in [2.24, 2.45) is 0 Å². The number of aryl methyl sites for hydroxylation is 1. The van der Waals surface area contributed by atoms with Gasteiger partial charge in [-0.05, 0) is 19.4 Å². The van der Waals surface area contributed by atoms with Crippen molar-refractivity contribution in [2.45, 2.75) is 25.9 Å². The standard InChI is InChI=1S/C11H14O/c1-9-3-5-10(6-4-9)7-11(2)8-12-11/h3-6H,7-8H2,1-2H3. The molecule has 2 rings (SSSR count). The quantitative estimate of drug-likeness (QED) is 0.608. The van der Waals surface area contributed by atoms with Gasteiger partial charge in [0.1, 0.15) is 0 Å². The molecule has 1 saturated heterocycles. The Morgan fingerprint density at radius 3 is 2.42 bits per heavy atom. The van der Waals surface area contributed by atoms with Gasteiger partial charge in [-0.15, -0.1) is 0 Å². The fourth-order valence-corrected chi connectivity index (χ4v) is 1.36. The molecule has 1 atom stereocenters. The van der Waals surface area contributed by atoms with E-state index in [-0.39, 0.29) is 5.60 Å². The Hall–Kier alpha value is -0.820. The van der Waals surface area contributed by atoms with E-state index in [0.717, 1.165) is 13.0 Å². The molecule has 1 aromatic rings. The maximum absolute atomic E-state index is 5.33. The summed E-state index contributed by atoms with van der Waals surface area (Å²) in [5.41, 5.74) is 2.84. The lowest BCUT2D eigenvalue weighted by Crippen LogP contribution is -2.08. The number of epoxide rings is 1. The molecule has 12 heavy (non-hydrogen) atoms. The second kappa shape index (κ2) is 2.60. The van der Waals surface area contributed by atoms with Gasteiger partial charge in [0.15, 0.2) is 0 Å². The third kappa shape index (κ3) is 1.67. The van der Waals surface area contributed by atoms with Gasteiger partial charge in [0.2, 0.25) is 0 Å². The first-order valence-electron chi connectivity index (χ1n) is 4.37. The Morgan fingerprint density at radius 1 is 1.33 bits per heavy atom. The van der Waals surface area contributed by atoms with Gasteiger partial charge in [-0.3, -0.25) is 0 Å². The van der Waals surface area contributed by atoms with E-state index in [2.05, 4.69) is 38.1 Å². The summed E-state index contributed by atoms with van der Waals surface area (Å²) in [5, 5.41) is 0. The summed E-state index contributed by atoms with van der Waals surface area (Å²) in [6.45, 7) is 5.19. The highest BCUT2D eigenvalue weighted by Gasteiger charge is 2.38. The maximum Gasteiger partial charge on any atom is 0.0928 e. The van der Waals surface area contributed by atoms with Crippen molar-refractivity contribution in [3.05, 3.63) is 35.4 Å². The fraction of sp³-hybridized carbons (Fsp3) is 0.455. The van der Waals surface area contributed by atoms with E-state index in [0.29, 0.717) is 0 Å². The summed E-state index contributed by atoms with van der Waals surface area (Å²) in [5.74, 6) is 0.